The van der Waals surface area contributed by atoms with Crippen molar-refractivity contribution in [1.82, 2.24) is 4.90 Å². The van der Waals surface area contributed by atoms with E-state index in [9.17, 15) is 9.59 Å². The van der Waals surface area contributed by atoms with Crippen LogP contribution >= 0.6 is 0 Å². The summed E-state index contributed by atoms with van der Waals surface area (Å²) in [6, 6.07) is 0.0145. The molecule has 3 nitrogen and oxygen atoms in total. The lowest BCUT2D eigenvalue weighted by Crippen LogP contribution is -2.53. The molecule has 0 N–H and O–H groups in total. The Labute approximate surface area is 107 Å². The second-order valence-corrected chi connectivity index (χ2v) is 6.64. The molecule has 4 fully saturated rings. The number of amides is 2. The van der Waals surface area contributed by atoms with E-state index in [1.165, 1.54) is 0 Å². The van der Waals surface area contributed by atoms with Gasteiger partial charge in [-0.05, 0) is 50.4 Å². The molecule has 1 saturated heterocycles. The third kappa shape index (κ3) is 1.03. The maximum Gasteiger partial charge on any atom is 0.233 e. The van der Waals surface area contributed by atoms with Crippen LogP contribution in [0.2, 0.25) is 0 Å². The van der Waals surface area contributed by atoms with E-state index in [-0.39, 0.29) is 29.7 Å². The highest BCUT2D eigenvalue weighted by molar-refractivity contribution is 6.06. The van der Waals surface area contributed by atoms with E-state index in [0.717, 1.165) is 12.8 Å². The number of allylic oxidation sites excluding steroid dienone is 2. The number of carbonyl (C=O) groups is 2. The molecule has 6 unspecified atom stereocenters. The van der Waals surface area contributed by atoms with E-state index in [2.05, 4.69) is 12.2 Å². The van der Waals surface area contributed by atoms with Crippen LogP contribution in [0.5, 0.6) is 0 Å². The zero-order valence-electron chi connectivity index (χ0n) is 10.9. The second-order valence-electron chi connectivity index (χ2n) is 6.64. The number of fused-ring (bicyclic) bond motifs is 1. The van der Waals surface area contributed by atoms with E-state index in [1.54, 1.807) is 4.90 Å². The molecule has 4 aliphatic carbocycles. The maximum absolute atomic E-state index is 12.5. The molecule has 5 aliphatic rings. The lowest BCUT2D eigenvalue weighted by Gasteiger charge is -2.55. The first kappa shape index (κ1) is 10.8. The van der Waals surface area contributed by atoms with Crippen molar-refractivity contribution in [3.63, 3.8) is 0 Å². The molecule has 0 radical (unpaired) electrons. The Morgan fingerprint density at radius 1 is 1.00 bits per heavy atom. The zero-order valence-corrected chi connectivity index (χ0v) is 10.9. The van der Waals surface area contributed by atoms with Gasteiger partial charge in [-0.3, -0.25) is 14.5 Å². The lowest BCUT2D eigenvalue weighted by molar-refractivity contribution is -0.142. The zero-order chi connectivity index (χ0) is 12.6. The first-order chi connectivity index (χ1) is 8.61. The highest BCUT2D eigenvalue weighted by atomic mass is 16.2. The van der Waals surface area contributed by atoms with Gasteiger partial charge in [0.1, 0.15) is 0 Å². The molecule has 0 aromatic rings. The summed E-state index contributed by atoms with van der Waals surface area (Å²) >= 11 is 0. The number of imide groups is 1. The van der Waals surface area contributed by atoms with Crippen molar-refractivity contribution in [2.75, 3.05) is 0 Å². The minimum atomic E-state index is 0.00449. The molecular weight excluding hydrogens is 226 g/mol. The van der Waals surface area contributed by atoms with Crippen molar-refractivity contribution in [2.45, 2.75) is 32.7 Å². The summed E-state index contributed by atoms with van der Waals surface area (Å²) in [5.41, 5.74) is 0. The molecule has 2 bridgehead atoms. The minimum Gasteiger partial charge on any atom is -0.280 e. The van der Waals surface area contributed by atoms with Crippen molar-refractivity contribution >= 4 is 11.8 Å². The number of hydrogen-bond donors (Lipinski definition) is 0. The summed E-state index contributed by atoms with van der Waals surface area (Å²) in [7, 11) is 0. The third-order valence-electron chi connectivity index (χ3n) is 5.69. The number of likely N-dealkylation sites (tertiary alicyclic amines) is 1. The highest BCUT2D eigenvalue weighted by Crippen LogP contribution is 2.61. The van der Waals surface area contributed by atoms with Gasteiger partial charge in [0.05, 0.1) is 11.8 Å². The first-order valence-electron chi connectivity index (χ1n) is 7.16. The summed E-state index contributed by atoms with van der Waals surface area (Å²) in [5, 5.41) is 0. The van der Waals surface area contributed by atoms with Gasteiger partial charge in [-0.25, -0.2) is 0 Å². The molecule has 0 aromatic heterocycles. The van der Waals surface area contributed by atoms with Gasteiger partial charge in [-0.2, -0.15) is 0 Å². The standard InChI is InChI=1S/C15H19NO2/c1-7(2)16-14(17)12-10-5-6-11(13(12)15(16)18)9-4-3-8(9)10/h3-4,7-13H,5-6H2,1-2H3. The Hall–Kier alpha value is -1.12. The third-order valence-corrected chi connectivity index (χ3v) is 5.69. The van der Waals surface area contributed by atoms with Crippen LogP contribution in [0.3, 0.4) is 0 Å². The van der Waals surface area contributed by atoms with Crippen molar-refractivity contribution in [1.29, 1.82) is 0 Å². The molecule has 2 amide bonds. The Balaban J connectivity index is 1.78. The van der Waals surface area contributed by atoms with Crippen molar-refractivity contribution < 1.29 is 9.59 Å². The average molecular weight is 245 g/mol. The maximum atomic E-state index is 12.5. The van der Waals surface area contributed by atoms with Crippen LogP contribution in [-0.4, -0.2) is 22.8 Å². The quantitative estimate of drug-likeness (QED) is 0.522. The van der Waals surface area contributed by atoms with Crippen LogP contribution in [0.1, 0.15) is 26.7 Å². The Bertz CT molecular complexity index is 429. The van der Waals surface area contributed by atoms with Gasteiger partial charge in [-0.15, -0.1) is 0 Å². The fraction of sp³-hybridized carbons (Fsp3) is 0.733. The Morgan fingerprint density at radius 3 is 1.78 bits per heavy atom. The largest absolute Gasteiger partial charge is 0.280 e. The fourth-order valence-corrected chi connectivity index (χ4v) is 4.98. The van der Waals surface area contributed by atoms with Gasteiger partial charge >= 0.3 is 0 Å². The molecule has 6 atom stereocenters. The summed E-state index contributed by atoms with van der Waals surface area (Å²) in [6.07, 6.45) is 6.82. The normalized spacial score (nSPS) is 48.5. The minimum absolute atomic E-state index is 0.00449. The number of rotatable bonds is 1. The van der Waals surface area contributed by atoms with Crippen LogP contribution < -0.4 is 0 Å². The summed E-state index contributed by atoms with van der Waals surface area (Å²) in [6.45, 7) is 3.89. The van der Waals surface area contributed by atoms with Gasteiger partial charge in [0.15, 0.2) is 0 Å². The molecule has 5 rings (SSSR count). The van der Waals surface area contributed by atoms with E-state index in [0.29, 0.717) is 23.7 Å². The molecule has 0 spiro atoms. The van der Waals surface area contributed by atoms with Crippen LogP contribution in [-0.2, 0) is 9.59 Å². The molecule has 96 valence electrons. The Morgan fingerprint density at radius 2 is 1.44 bits per heavy atom. The molecule has 0 aromatic carbocycles. The van der Waals surface area contributed by atoms with Gasteiger partial charge in [0.25, 0.3) is 0 Å². The van der Waals surface area contributed by atoms with Crippen molar-refractivity contribution in [2.24, 2.45) is 35.5 Å². The van der Waals surface area contributed by atoms with Crippen molar-refractivity contribution in [3.05, 3.63) is 12.2 Å². The molecule has 1 aliphatic heterocycles. The summed E-state index contributed by atoms with van der Waals surface area (Å²) in [5.74, 6) is 2.31. The summed E-state index contributed by atoms with van der Waals surface area (Å²) in [4.78, 5) is 26.6. The molecule has 3 heteroatoms. The van der Waals surface area contributed by atoms with Gasteiger partial charge in [0.2, 0.25) is 11.8 Å². The van der Waals surface area contributed by atoms with Crippen LogP contribution in [0, 0.1) is 35.5 Å². The molecule has 3 saturated carbocycles. The fourth-order valence-electron chi connectivity index (χ4n) is 4.98. The Kier molecular flexibility index (Phi) is 1.95. The van der Waals surface area contributed by atoms with Gasteiger partial charge in [-0.1, -0.05) is 12.2 Å². The molecular formula is C15H19NO2. The van der Waals surface area contributed by atoms with Crippen LogP contribution in [0.4, 0.5) is 0 Å². The van der Waals surface area contributed by atoms with Gasteiger partial charge < -0.3 is 0 Å². The smallest absolute Gasteiger partial charge is 0.233 e. The number of carbonyl (C=O) groups excluding carboxylic acids is 2. The number of nitrogens with zero attached hydrogens (tertiary/aromatic N) is 1. The predicted octanol–water partition coefficient (Wildman–Crippen LogP) is 1.84. The van der Waals surface area contributed by atoms with Crippen LogP contribution in [0.25, 0.3) is 0 Å². The van der Waals surface area contributed by atoms with Gasteiger partial charge in [0, 0.05) is 6.04 Å². The molecule has 18 heavy (non-hydrogen) atoms. The van der Waals surface area contributed by atoms with E-state index in [4.69, 9.17) is 0 Å². The van der Waals surface area contributed by atoms with E-state index in [1.807, 2.05) is 13.8 Å². The monoisotopic (exact) mass is 245 g/mol. The van der Waals surface area contributed by atoms with Crippen molar-refractivity contribution in [3.8, 4) is 0 Å². The predicted molar refractivity (Wildman–Crippen MR) is 66.3 cm³/mol. The highest BCUT2D eigenvalue weighted by Gasteiger charge is 2.64. The van der Waals surface area contributed by atoms with Crippen LogP contribution in [0.15, 0.2) is 12.2 Å². The second kappa shape index (κ2) is 3.25. The number of hydrogen-bond acceptors (Lipinski definition) is 2. The summed E-state index contributed by atoms with van der Waals surface area (Å²) < 4.78 is 0. The van der Waals surface area contributed by atoms with E-state index >= 15 is 0 Å². The SMILES string of the molecule is CC(C)N1C(=O)C2C3CCC(C4C=CC43)C2C1=O. The lowest BCUT2D eigenvalue weighted by atomic mass is 9.47. The topological polar surface area (TPSA) is 37.4 Å². The average Bonchev–Trinajstić information content (AvgIpc) is 2.52. The van der Waals surface area contributed by atoms with E-state index < -0.39 is 0 Å². The molecule has 1 heterocycles. The first-order valence-corrected chi connectivity index (χ1v) is 7.16.